The summed E-state index contributed by atoms with van der Waals surface area (Å²) in [5.74, 6) is 0.108. The number of nitrogens with zero attached hydrogens (tertiary/aromatic N) is 2. The molecule has 0 radical (unpaired) electrons. The Morgan fingerprint density at radius 1 is 1.53 bits per heavy atom. The molecule has 0 bridgehead atoms. The lowest BCUT2D eigenvalue weighted by atomic mass is 10.3. The number of ether oxygens (including phenoxy) is 1. The van der Waals surface area contributed by atoms with Crippen molar-refractivity contribution in [3.8, 4) is 5.75 Å². The molecule has 1 aliphatic rings. The molecule has 1 aromatic carbocycles. The van der Waals surface area contributed by atoms with Crippen LogP contribution in [0.15, 0.2) is 18.2 Å². The summed E-state index contributed by atoms with van der Waals surface area (Å²) in [6, 6.07) is 3.97. The van der Waals surface area contributed by atoms with E-state index in [0.717, 1.165) is 0 Å². The fourth-order valence-electron chi connectivity index (χ4n) is 1.74. The molecule has 19 heavy (non-hydrogen) atoms. The van der Waals surface area contributed by atoms with Crippen LogP contribution in [0.5, 0.6) is 5.75 Å². The molecule has 8 heteroatoms. The molecule has 1 fully saturated rings. The van der Waals surface area contributed by atoms with E-state index in [1.807, 2.05) is 0 Å². The van der Waals surface area contributed by atoms with E-state index in [9.17, 15) is 14.9 Å². The summed E-state index contributed by atoms with van der Waals surface area (Å²) < 4.78 is 5.34. The van der Waals surface area contributed by atoms with Crippen LogP contribution in [0.25, 0.3) is 0 Å². The van der Waals surface area contributed by atoms with Gasteiger partial charge in [0.15, 0.2) is 5.75 Å². The van der Waals surface area contributed by atoms with Gasteiger partial charge in [0.05, 0.1) is 11.5 Å². The van der Waals surface area contributed by atoms with Crippen molar-refractivity contribution in [2.24, 2.45) is 0 Å². The smallest absolute Gasteiger partial charge is 0.317 e. The Labute approximate surface area is 114 Å². The molecule has 1 N–H and O–H groups in total. The number of nitro benzene ring substituents is 1. The third-order valence-electron chi connectivity index (χ3n) is 2.68. The van der Waals surface area contributed by atoms with Crippen LogP contribution in [-0.4, -0.2) is 42.1 Å². The van der Waals surface area contributed by atoms with Gasteiger partial charge in [-0.1, -0.05) is 11.6 Å². The van der Waals surface area contributed by atoms with E-state index in [2.05, 4.69) is 5.32 Å². The number of nitro groups is 1. The maximum absolute atomic E-state index is 11.3. The number of carbonyl (C=O) groups excluding carboxylic acids is 1. The SMILES string of the molecule is O=C1NCCN1CCOc1cc(Cl)ccc1[N+](=O)[O-]. The number of nitrogens with one attached hydrogen (secondary N) is 1. The first kappa shape index (κ1) is 13.4. The topological polar surface area (TPSA) is 84.7 Å². The highest BCUT2D eigenvalue weighted by Crippen LogP contribution is 2.29. The number of amides is 2. The van der Waals surface area contributed by atoms with Gasteiger partial charge in [-0.05, 0) is 6.07 Å². The van der Waals surface area contributed by atoms with Gasteiger partial charge in [0.25, 0.3) is 0 Å². The molecule has 0 saturated carbocycles. The van der Waals surface area contributed by atoms with Crippen LogP contribution in [0, 0.1) is 10.1 Å². The van der Waals surface area contributed by atoms with Gasteiger partial charge >= 0.3 is 11.7 Å². The lowest BCUT2D eigenvalue weighted by Crippen LogP contribution is -2.31. The van der Waals surface area contributed by atoms with Gasteiger partial charge in [0.1, 0.15) is 6.61 Å². The fourth-order valence-corrected chi connectivity index (χ4v) is 1.91. The molecular weight excluding hydrogens is 274 g/mol. The highest BCUT2D eigenvalue weighted by Gasteiger charge is 2.20. The first-order valence-corrected chi connectivity index (χ1v) is 6.05. The highest BCUT2D eigenvalue weighted by molar-refractivity contribution is 6.30. The van der Waals surface area contributed by atoms with Crippen molar-refractivity contribution in [1.82, 2.24) is 10.2 Å². The van der Waals surface area contributed by atoms with Crippen LogP contribution in [0.3, 0.4) is 0 Å². The molecule has 102 valence electrons. The summed E-state index contributed by atoms with van der Waals surface area (Å²) in [7, 11) is 0. The molecule has 1 heterocycles. The molecule has 7 nitrogen and oxygen atoms in total. The van der Waals surface area contributed by atoms with E-state index in [-0.39, 0.29) is 24.1 Å². The summed E-state index contributed by atoms with van der Waals surface area (Å²) in [4.78, 5) is 23.1. The molecule has 2 amide bonds. The van der Waals surface area contributed by atoms with Gasteiger partial charge in [0.2, 0.25) is 0 Å². The standard InChI is InChI=1S/C11H12ClN3O4/c12-8-1-2-9(15(17)18)10(7-8)19-6-5-14-4-3-13-11(14)16/h1-2,7H,3-6H2,(H,13,16). The summed E-state index contributed by atoms with van der Waals surface area (Å²) in [6.07, 6.45) is 0. The van der Waals surface area contributed by atoms with Gasteiger partial charge < -0.3 is 15.0 Å². The first-order valence-electron chi connectivity index (χ1n) is 5.67. The van der Waals surface area contributed by atoms with Crippen LogP contribution >= 0.6 is 11.6 Å². The van der Waals surface area contributed by atoms with Crippen LogP contribution in [0.4, 0.5) is 10.5 Å². The molecule has 2 rings (SSSR count). The van der Waals surface area contributed by atoms with Crippen LogP contribution in [0.2, 0.25) is 5.02 Å². The number of halogens is 1. The number of urea groups is 1. The monoisotopic (exact) mass is 285 g/mol. The number of hydrogen-bond donors (Lipinski definition) is 1. The second-order valence-corrected chi connectivity index (χ2v) is 4.37. The van der Waals surface area contributed by atoms with E-state index in [1.54, 1.807) is 4.90 Å². The Bertz CT molecular complexity index is 509. The number of carbonyl (C=O) groups is 1. The number of hydrogen-bond acceptors (Lipinski definition) is 4. The minimum Gasteiger partial charge on any atom is -0.485 e. The lowest BCUT2D eigenvalue weighted by Gasteiger charge is -2.14. The second-order valence-electron chi connectivity index (χ2n) is 3.94. The van der Waals surface area contributed by atoms with Crippen molar-refractivity contribution in [2.75, 3.05) is 26.2 Å². The first-order chi connectivity index (χ1) is 9.08. The predicted molar refractivity (Wildman–Crippen MR) is 68.6 cm³/mol. The van der Waals surface area contributed by atoms with Crippen LogP contribution in [-0.2, 0) is 0 Å². The van der Waals surface area contributed by atoms with Crippen molar-refractivity contribution >= 4 is 23.3 Å². The molecule has 0 spiro atoms. The Kier molecular flexibility index (Phi) is 4.06. The summed E-state index contributed by atoms with van der Waals surface area (Å²) >= 11 is 5.77. The predicted octanol–water partition coefficient (Wildman–Crippen LogP) is 1.65. The third-order valence-corrected chi connectivity index (χ3v) is 2.92. The molecule has 0 unspecified atom stereocenters. The molecular formula is C11H12ClN3O4. The van der Waals surface area contributed by atoms with Gasteiger partial charge in [-0.2, -0.15) is 0 Å². The molecule has 1 aliphatic heterocycles. The lowest BCUT2D eigenvalue weighted by molar-refractivity contribution is -0.385. The maximum atomic E-state index is 11.3. The molecule has 1 aromatic rings. The van der Waals surface area contributed by atoms with Gasteiger partial charge in [-0.25, -0.2) is 4.79 Å². The Hall–Kier alpha value is -2.02. The fraction of sp³-hybridized carbons (Fsp3) is 0.364. The van der Waals surface area contributed by atoms with Crippen molar-refractivity contribution < 1.29 is 14.5 Å². The van der Waals surface area contributed by atoms with Gasteiger partial charge in [-0.15, -0.1) is 0 Å². The van der Waals surface area contributed by atoms with E-state index >= 15 is 0 Å². The van der Waals surface area contributed by atoms with Crippen molar-refractivity contribution in [3.63, 3.8) is 0 Å². The summed E-state index contributed by atoms with van der Waals surface area (Å²) in [5.41, 5.74) is -0.143. The van der Waals surface area contributed by atoms with Crippen molar-refractivity contribution in [2.45, 2.75) is 0 Å². The normalized spacial score (nSPS) is 14.4. The number of benzene rings is 1. The zero-order valence-corrected chi connectivity index (χ0v) is 10.7. The van der Waals surface area contributed by atoms with E-state index in [0.29, 0.717) is 24.7 Å². The Morgan fingerprint density at radius 3 is 2.95 bits per heavy atom. The zero-order valence-electron chi connectivity index (χ0n) is 9.97. The zero-order chi connectivity index (χ0) is 13.8. The molecule has 0 aromatic heterocycles. The molecule has 0 atom stereocenters. The Balaban J connectivity index is 1.97. The van der Waals surface area contributed by atoms with Crippen molar-refractivity contribution in [1.29, 1.82) is 0 Å². The van der Waals surface area contributed by atoms with Crippen LogP contribution < -0.4 is 10.1 Å². The quantitative estimate of drug-likeness (QED) is 0.658. The minimum absolute atomic E-state index is 0.108. The summed E-state index contributed by atoms with van der Waals surface area (Å²) in [5, 5.41) is 13.8. The largest absolute Gasteiger partial charge is 0.485 e. The van der Waals surface area contributed by atoms with Crippen molar-refractivity contribution in [3.05, 3.63) is 33.3 Å². The van der Waals surface area contributed by atoms with Crippen LogP contribution in [0.1, 0.15) is 0 Å². The highest BCUT2D eigenvalue weighted by atomic mass is 35.5. The maximum Gasteiger partial charge on any atom is 0.317 e. The van der Waals surface area contributed by atoms with Gasteiger partial charge in [-0.3, -0.25) is 10.1 Å². The van der Waals surface area contributed by atoms with E-state index in [4.69, 9.17) is 16.3 Å². The second kappa shape index (κ2) is 5.75. The molecule has 0 aliphatic carbocycles. The van der Waals surface area contributed by atoms with E-state index in [1.165, 1.54) is 18.2 Å². The third kappa shape index (κ3) is 3.25. The van der Waals surface area contributed by atoms with E-state index < -0.39 is 4.92 Å². The number of rotatable bonds is 5. The Morgan fingerprint density at radius 2 is 2.32 bits per heavy atom. The summed E-state index contributed by atoms with van der Waals surface area (Å²) in [6.45, 7) is 1.76. The van der Waals surface area contributed by atoms with Gasteiger partial charge in [0, 0.05) is 30.2 Å². The molecule has 1 saturated heterocycles. The average Bonchev–Trinajstić information content (AvgIpc) is 2.75. The average molecular weight is 286 g/mol. The minimum atomic E-state index is -0.534.